The lowest BCUT2D eigenvalue weighted by Gasteiger charge is -2.19. The van der Waals surface area contributed by atoms with Crippen LogP contribution in [0.25, 0.3) is 0 Å². The summed E-state index contributed by atoms with van der Waals surface area (Å²) in [4.78, 5) is 10.3. The number of rotatable bonds is 4. The average molecular weight is 302 g/mol. The number of hydrazine groups is 1. The van der Waals surface area contributed by atoms with Crippen LogP contribution in [0.3, 0.4) is 0 Å². The van der Waals surface area contributed by atoms with E-state index >= 15 is 0 Å². The van der Waals surface area contributed by atoms with Gasteiger partial charge in [0, 0.05) is 16.4 Å². The molecule has 21 heavy (non-hydrogen) atoms. The van der Waals surface area contributed by atoms with Gasteiger partial charge in [0.25, 0.3) is 0 Å². The van der Waals surface area contributed by atoms with Crippen LogP contribution < -0.4 is 11.3 Å². The summed E-state index contributed by atoms with van der Waals surface area (Å²) in [7, 11) is 0. The smallest absolute Gasteiger partial charge is 0.143 e. The predicted molar refractivity (Wildman–Crippen MR) is 89.3 cm³/mol. The van der Waals surface area contributed by atoms with Gasteiger partial charge in [-0.1, -0.05) is 38.5 Å². The van der Waals surface area contributed by atoms with Crippen LogP contribution in [0.5, 0.6) is 0 Å². The molecule has 1 heterocycles. The predicted octanol–water partition coefficient (Wildman–Crippen LogP) is 3.66. The molecule has 0 aliphatic heterocycles. The Bertz CT molecular complexity index is 620. The molecule has 0 amide bonds. The molecule has 1 aromatic heterocycles. The quantitative estimate of drug-likeness (QED) is 0.512. The number of benzene rings is 1. The SMILES string of the molecule is Cc1cccc(SCc2nc(NN)cc(C(C)(C)C)n2)c1. The first-order chi connectivity index (χ1) is 9.88. The van der Waals surface area contributed by atoms with Crippen molar-refractivity contribution >= 4 is 17.6 Å². The zero-order valence-corrected chi connectivity index (χ0v) is 13.8. The number of hydrogen-bond donors (Lipinski definition) is 2. The summed E-state index contributed by atoms with van der Waals surface area (Å²) in [5.41, 5.74) is 4.85. The highest BCUT2D eigenvalue weighted by atomic mass is 32.2. The molecule has 5 heteroatoms. The van der Waals surface area contributed by atoms with Gasteiger partial charge in [0.05, 0.1) is 11.4 Å². The monoisotopic (exact) mass is 302 g/mol. The van der Waals surface area contributed by atoms with Gasteiger partial charge in [-0.3, -0.25) is 0 Å². The Morgan fingerprint density at radius 3 is 2.57 bits per heavy atom. The first-order valence-corrected chi connectivity index (χ1v) is 7.91. The van der Waals surface area contributed by atoms with Crippen molar-refractivity contribution in [2.24, 2.45) is 5.84 Å². The lowest BCUT2D eigenvalue weighted by molar-refractivity contribution is 0.564. The van der Waals surface area contributed by atoms with Gasteiger partial charge in [-0.15, -0.1) is 11.8 Å². The fourth-order valence-electron chi connectivity index (χ4n) is 1.87. The molecule has 3 N–H and O–H groups in total. The van der Waals surface area contributed by atoms with E-state index in [1.54, 1.807) is 11.8 Å². The molecule has 0 bridgehead atoms. The van der Waals surface area contributed by atoms with Gasteiger partial charge in [0.2, 0.25) is 0 Å². The Kier molecular flexibility index (Phi) is 4.85. The van der Waals surface area contributed by atoms with Crippen molar-refractivity contribution < 1.29 is 0 Å². The summed E-state index contributed by atoms with van der Waals surface area (Å²) in [6.45, 7) is 8.49. The number of aromatic nitrogens is 2. The first kappa shape index (κ1) is 15.8. The molecule has 0 saturated carbocycles. The normalized spacial score (nSPS) is 11.5. The Labute approximate surface area is 130 Å². The third-order valence-electron chi connectivity index (χ3n) is 3.05. The lowest BCUT2D eigenvalue weighted by atomic mass is 9.92. The molecule has 2 rings (SSSR count). The number of anilines is 1. The summed E-state index contributed by atoms with van der Waals surface area (Å²) in [6, 6.07) is 10.3. The maximum atomic E-state index is 5.51. The van der Waals surface area contributed by atoms with E-state index in [4.69, 9.17) is 5.84 Å². The number of nitrogens with zero attached hydrogens (tertiary/aromatic N) is 2. The van der Waals surface area contributed by atoms with Gasteiger partial charge >= 0.3 is 0 Å². The standard InChI is InChI=1S/C16H22N4S/c1-11-6-5-7-12(8-11)21-10-15-18-13(16(2,3)4)9-14(19-15)20-17/h5-9H,10,17H2,1-4H3,(H,18,19,20). The second kappa shape index (κ2) is 6.45. The zero-order chi connectivity index (χ0) is 15.5. The van der Waals surface area contributed by atoms with Crippen LogP contribution in [0, 0.1) is 6.92 Å². The summed E-state index contributed by atoms with van der Waals surface area (Å²) < 4.78 is 0. The van der Waals surface area contributed by atoms with E-state index in [-0.39, 0.29) is 5.41 Å². The fourth-order valence-corrected chi connectivity index (χ4v) is 2.74. The molecule has 0 saturated heterocycles. The summed E-state index contributed by atoms with van der Waals surface area (Å²) in [5, 5.41) is 0. The molecule has 0 atom stereocenters. The Balaban J connectivity index is 2.19. The van der Waals surface area contributed by atoms with E-state index in [1.165, 1.54) is 10.5 Å². The number of hydrogen-bond acceptors (Lipinski definition) is 5. The van der Waals surface area contributed by atoms with Crippen molar-refractivity contribution in [3.8, 4) is 0 Å². The second-order valence-corrected chi connectivity index (χ2v) is 7.10. The Morgan fingerprint density at radius 2 is 1.95 bits per heavy atom. The average Bonchev–Trinajstić information content (AvgIpc) is 2.44. The van der Waals surface area contributed by atoms with Crippen molar-refractivity contribution in [3.05, 3.63) is 47.4 Å². The first-order valence-electron chi connectivity index (χ1n) is 6.93. The van der Waals surface area contributed by atoms with E-state index in [1.807, 2.05) is 6.07 Å². The van der Waals surface area contributed by atoms with Gasteiger partial charge in [-0.05, 0) is 19.1 Å². The Morgan fingerprint density at radius 1 is 1.19 bits per heavy atom. The molecule has 0 aliphatic rings. The van der Waals surface area contributed by atoms with Gasteiger partial charge in [0.1, 0.15) is 11.6 Å². The largest absolute Gasteiger partial charge is 0.308 e. The van der Waals surface area contributed by atoms with E-state index in [0.717, 1.165) is 17.3 Å². The molecular weight excluding hydrogens is 280 g/mol. The molecule has 0 unspecified atom stereocenters. The Hall–Kier alpha value is -1.59. The van der Waals surface area contributed by atoms with Crippen LogP contribution in [0.4, 0.5) is 5.82 Å². The molecule has 0 radical (unpaired) electrons. The number of nitrogens with two attached hydrogens (primary N) is 1. The topological polar surface area (TPSA) is 63.8 Å². The second-order valence-electron chi connectivity index (χ2n) is 6.05. The number of nitrogen functional groups attached to an aromatic ring is 1. The van der Waals surface area contributed by atoms with E-state index in [9.17, 15) is 0 Å². The summed E-state index contributed by atoms with van der Waals surface area (Å²) >= 11 is 1.73. The maximum absolute atomic E-state index is 5.51. The van der Waals surface area contributed by atoms with E-state index in [2.05, 4.69) is 67.4 Å². The fraction of sp³-hybridized carbons (Fsp3) is 0.375. The van der Waals surface area contributed by atoms with Gasteiger partial charge < -0.3 is 5.43 Å². The summed E-state index contributed by atoms with van der Waals surface area (Å²) in [5.74, 6) is 7.69. The van der Waals surface area contributed by atoms with Gasteiger partial charge in [0.15, 0.2) is 0 Å². The number of aryl methyl sites for hydroxylation is 1. The van der Waals surface area contributed by atoms with Crippen LogP contribution in [-0.4, -0.2) is 9.97 Å². The molecule has 0 aliphatic carbocycles. The number of thioether (sulfide) groups is 1. The van der Waals surface area contributed by atoms with Gasteiger partial charge in [-0.25, -0.2) is 15.8 Å². The van der Waals surface area contributed by atoms with Crippen molar-refractivity contribution in [2.45, 2.75) is 43.8 Å². The highest BCUT2D eigenvalue weighted by Gasteiger charge is 2.17. The van der Waals surface area contributed by atoms with Crippen molar-refractivity contribution in [2.75, 3.05) is 5.43 Å². The molecular formula is C16H22N4S. The van der Waals surface area contributed by atoms with Crippen LogP contribution in [0.1, 0.15) is 37.9 Å². The van der Waals surface area contributed by atoms with E-state index < -0.39 is 0 Å². The minimum atomic E-state index is -0.0305. The number of nitrogens with one attached hydrogen (secondary N) is 1. The minimum absolute atomic E-state index is 0.0305. The molecule has 0 fully saturated rings. The summed E-state index contributed by atoms with van der Waals surface area (Å²) in [6.07, 6.45) is 0. The van der Waals surface area contributed by atoms with Crippen molar-refractivity contribution in [1.82, 2.24) is 9.97 Å². The molecule has 2 aromatic rings. The third-order valence-corrected chi connectivity index (χ3v) is 4.04. The minimum Gasteiger partial charge on any atom is -0.308 e. The van der Waals surface area contributed by atoms with Crippen LogP contribution in [0.2, 0.25) is 0 Å². The van der Waals surface area contributed by atoms with Crippen molar-refractivity contribution in [3.63, 3.8) is 0 Å². The zero-order valence-electron chi connectivity index (χ0n) is 13.0. The van der Waals surface area contributed by atoms with Crippen LogP contribution >= 0.6 is 11.8 Å². The lowest BCUT2D eigenvalue weighted by Crippen LogP contribution is -2.18. The third kappa shape index (κ3) is 4.44. The molecule has 112 valence electrons. The molecule has 1 aromatic carbocycles. The van der Waals surface area contributed by atoms with Crippen LogP contribution in [0.15, 0.2) is 35.2 Å². The van der Waals surface area contributed by atoms with Crippen molar-refractivity contribution in [1.29, 1.82) is 0 Å². The molecule has 4 nitrogen and oxygen atoms in total. The van der Waals surface area contributed by atoms with Gasteiger partial charge in [-0.2, -0.15) is 0 Å². The maximum Gasteiger partial charge on any atom is 0.143 e. The van der Waals surface area contributed by atoms with Crippen LogP contribution in [-0.2, 0) is 11.2 Å². The highest BCUT2D eigenvalue weighted by molar-refractivity contribution is 7.98. The van der Waals surface area contributed by atoms with E-state index in [0.29, 0.717) is 5.82 Å². The highest BCUT2D eigenvalue weighted by Crippen LogP contribution is 2.26. The molecule has 0 spiro atoms.